The molecule has 170 valence electrons. The molecule has 2 N–H and O–H groups in total. The van der Waals surface area contributed by atoms with Crippen molar-refractivity contribution in [1.82, 2.24) is 10.3 Å². The molecular formula is C25H25N3O5. The van der Waals surface area contributed by atoms with Crippen LogP contribution in [0, 0.1) is 0 Å². The van der Waals surface area contributed by atoms with E-state index in [1.54, 1.807) is 55.5 Å². The molecule has 1 aromatic heterocycles. The molecule has 3 aromatic rings. The van der Waals surface area contributed by atoms with Crippen LogP contribution in [0.25, 0.3) is 0 Å². The number of esters is 1. The highest BCUT2D eigenvalue weighted by molar-refractivity contribution is 5.94. The van der Waals surface area contributed by atoms with Crippen molar-refractivity contribution in [2.24, 2.45) is 0 Å². The normalized spacial score (nSPS) is 10.2. The largest absolute Gasteiger partial charge is 0.462 e. The fourth-order valence-electron chi connectivity index (χ4n) is 3.01. The molecule has 1 heterocycles. The minimum atomic E-state index is -0.424. The minimum Gasteiger partial charge on any atom is -0.462 e. The summed E-state index contributed by atoms with van der Waals surface area (Å²) in [6.45, 7) is 2.03. The van der Waals surface area contributed by atoms with Crippen molar-refractivity contribution >= 4 is 23.5 Å². The lowest BCUT2D eigenvalue weighted by atomic mass is 10.1. The predicted octanol–water partition coefficient (Wildman–Crippen LogP) is 3.98. The van der Waals surface area contributed by atoms with Crippen LogP contribution in [0.1, 0.15) is 39.8 Å². The summed E-state index contributed by atoms with van der Waals surface area (Å²) in [4.78, 5) is 39.9. The number of aromatic nitrogens is 1. The Bertz CT molecular complexity index is 1130. The van der Waals surface area contributed by atoms with Crippen LogP contribution in [0.3, 0.4) is 0 Å². The molecule has 0 aliphatic carbocycles. The van der Waals surface area contributed by atoms with Crippen molar-refractivity contribution in [3.8, 4) is 11.5 Å². The van der Waals surface area contributed by atoms with Crippen molar-refractivity contribution < 1.29 is 23.9 Å². The Kier molecular flexibility index (Phi) is 8.13. The van der Waals surface area contributed by atoms with E-state index in [1.165, 1.54) is 13.2 Å². The third kappa shape index (κ3) is 6.90. The van der Waals surface area contributed by atoms with Gasteiger partial charge in [0.1, 0.15) is 17.2 Å². The van der Waals surface area contributed by atoms with Crippen molar-refractivity contribution in [2.45, 2.75) is 19.8 Å². The number of hydrogen-bond donors (Lipinski definition) is 2. The smallest absolute Gasteiger partial charge is 0.338 e. The van der Waals surface area contributed by atoms with Crippen LogP contribution in [-0.4, -0.2) is 36.4 Å². The van der Waals surface area contributed by atoms with Crippen LogP contribution in [-0.2, 0) is 16.0 Å². The molecule has 0 aliphatic heterocycles. The second-order valence-electron chi connectivity index (χ2n) is 7.05. The zero-order chi connectivity index (χ0) is 23.6. The zero-order valence-corrected chi connectivity index (χ0v) is 18.5. The first-order chi connectivity index (χ1) is 16.0. The Hall–Kier alpha value is -4.20. The predicted molar refractivity (Wildman–Crippen MR) is 123 cm³/mol. The van der Waals surface area contributed by atoms with Gasteiger partial charge in [-0.05, 0) is 55.3 Å². The van der Waals surface area contributed by atoms with Crippen LogP contribution >= 0.6 is 0 Å². The second-order valence-corrected chi connectivity index (χ2v) is 7.05. The first-order valence-electron chi connectivity index (χ1n) is 10.5. The lowest BCUT2D eigenvalue weighted by molar-refractivity contribution is -0.116. The standard InChI is InChI=1S/C25H25N3O5/c1-3-32-25(31)18-5-4-6-19(15-18)28-23(29)12-9-17-7-10-20(11-8-17)33-21-13-14-27-22(16-21)24(30)26-2/h4-8,10-11,13-16H,3,9,12H2,1-2H3,(H,26,30)(H,28,29). The molecule has 8 heteroatoms. The van der Waals surface area contributed by atoms with Gasteiger partial charge in [0, 0.05) is 31.4 Å². The van der Waals surface area contributed by atoms with Crippen LogP contribution in [0.2, 0.25) is 0 Å². The summed E-state index contributed by atoms with van der Waals surface area (Å²) in [5, 5.41) is 5.32. The number of aryl methyl sites for hydroxylation is 1. The van der Waals surface area contributed by atoms with E-state index in [0.717, 1.165) is 5.56 Å². The molecule has 0 saturated carbocycles. The maximum Gasteiger partial charge on any atom is 0.338 e. The number of carbonyl (C=O) groups excluding carboxylic acids is 3. The summed E-state index contributed by atoms with van der Waals surface area (Å²) >= 11 is 0. The highest BCUT2D eigenvalue weighted by Crippen LogP contribution is 2.22. The van der Waals surface area contributed by atoms with Gasteiger partial charge in [0.05, 0.1) is 12.2 Å². The Morgan fingerprint density at radius 3 is 2.48 bits per heavy atom. The molecule has 8 nitrogen and oxygen atoms in total. The van der Waals surface area contributed by atoms with Gasteiger partial charge in [0.25, 0.3) is 5.91 Å². The van der Waals surface area contributed by atoms with Crippen molar-refractivity contribution in [2.75, 3.05) is 19.0 Å². The number of rotatable bonds is 9. The molecule has 0 saturated heterocycles. The highest BCUT2D eigenvalue weighted by Gasteiger charge is 2.10. The van der Waals surface area contributed by atoms with Gasteiger partial charge in [-0.1, -0.05) is 18.2 Å². The summed E-state index contributed by atoms with van der Waals surface area (Å²) in [5.74, 6) is 0.234. The number of carbonyl (C=O) groups is 3. The number of nitrogens with one attached hydrogen (secondary N) is 2. The van der Waals surface area contributed by atoms with E-state index in [9.17, 15) is 14.4 Å². The molecule has 0 radical (unpaired) electrons. The van der Waals surface area contributed by atoms with E-state index in [4.69, 9.17) is 9.47 Å². The lowest BCUT2D eigenvalue weighted by Gasteiger charge is -2.09. The number of ether oxygens (including phenoxy) is 2. The van der Waals surface area contributed by atoms with Gasteiger partial charge in [-0.25, -0.2) is 4.79 Å². The monoisotopic (exact) mass is 447 g/mol. The Labute approximate surface area is 191 Å². The maximum absolute atomic E-state index is 12.3. The molecule has 3 rings (SSSR count). The van der Waals surface area contributed by atoms with Gasteiger partial charge in [-0.3, -0.25) is 14.6 Å². The van der Waals surface area contributed by atoms with Crippen molar-refractivity contribution in [3.05, 3.63) is 83.7 Å². The molecule has 0 bridgehead atoms. The molecule has 0 fully saturated rings. The van der Waals surface area contributed by atoms with E-state index < -0.39 is 5.97 Å². The summed E-state index contributed by atoms with van der Waals surface area (Å²) in [6.07, 6.45) is 2.33. The van der Waals surface area contributed by atoms with Gasteiger partial charge in [-0.15, -0.1) is 0 Å². The quantitative estimate of drug-likeness (QED) is 0.481. The Balaban J connectivity index is 1.52. The van der Waals surface area contributed by atoms with Crippen LogP contribution in [0.15, 0.2) is 66.9 Å². The highest BCUT2D eigenvalue weighted by atomic mass is 16.5. The maximum atomic E-state index is 12.3. The number of hydrogen-bond acceptors (Lipinski definition) is 6. The Morgan fingerprint density at radius 2 is 1.76 bits per heavy atom. The average Bonchev–Trinajstić information content (AvgIpc) is 2.83. The molecule has 0 atom stereocenters. The molecule has 2 amide bonds. The molecule has 0 spiro atoms. The number of benzene rings is 2. The Morgan fingerprint density at radius 1 is 0.970 bits per heavy atom. The van der Waals surface area contributed by atoms with E-state index >= 15 is 0 Å². The first kappa shape index (κ1) is 23.5. The summed E-state index contributed by atoms with van der Waals surface area (Å²) in [6, 6.07) is 17.2. The van der Waals surface area contributed by atoms with Crippen LogP contribution < -0.4 is 15.4 Å². The lowest BCUT2D eigenvalue weighted by Crippen LogP contribution is -2.18. The van der Waals surface area contributed by atoms with Gasteiger partial charge in [0.15, 0.2) is 0 Å². The summed E-state index contributed by atoms with van der Waals surface area (Å²) in [5.41, 5.74) is 2.17. The van der Waals surface area contributed by atoms with Gasteiger partial charge in [0.2, 0.25) is 5.91 Å². The molecular weight excluding hydrogens is 422 g/mol. The second kappa shape index (κ2) is 11.4. The fourth-order valence-corrected chi connectivity index (χ4v) is 3.01. The van der Waals surface area contributed by atoms with Crippen molar-refractivity contribution in [3.63, 3.8) is 0 Å². The average molecular weight is 447 g/mol. The fraction of sp³-hybridized carbons (Fsp3) is 0.200. The molecule has 0 unspecified atom stereocenters. The van der Waals surface area contributed by atoms with Crippen LogP contribution in [0.5, 0.6) is 11.5 Å². The molecule has 33 heavy (non-hydrogen) atoms. The third-order valence-corrected chi connectivity index (χ3v) is 4.65. The van der Waals surface area contributed by atoms with Gasteiger partial charge < -0.3 is 20.1 Å². The minimum absolute atomic E-state index is 0.158. The van der Waals surface area contributed by atoms with E-state index in [-0.39, 0.29) is 23.9 Å². The molecule has 0 aliphatic rings. The molecule has 2 aromatic carbocycles. The summed E-state index contributed by atoms with van der Waals surface area (Å²) in [7, 11) is 1.54. The van der Waals surface area contributed by atoms with E-state index in [1.807, 2.05) is 12.1 Å². The number of anilines is 1. The topological polar surface area (TPSA) is 107 Å². The number of amides is 2. The number of pyridine rings is 1. The summed E-state index contributed by atoms with van der Waals surface area (Å²) < 4.78 is 10.8. The van der Waals surface area contributed by atoms with Gasteiger partial charge >= 0.3 is 5.97 Å². The number of nitrogens with zero attached hydrogens (tertiary/aromatic N) is 1. The van der Waals surface area contributed by atoms with Crippen LogP contribution in [0.4, 0.5) is 5.69 Å². The van der Waals surface area contributed by atoms with Gasteiger partial charge in [-0.2, -0.15) is 0 Å². The SMILES string of the molecule is CCOC(=O)c1cccc(NC(=O)CCc2ccc(Oc3ccnc(C(=O)NC)c3)cc2)c1. The van der Waals surface area contributed by atoms with E-state index in [2.05, 4.69) is 15.6 Å². The third-order valence-electron chi connectivity index (χ3n) is 4.65. The van der Waals surface area contributed by atoms with E-state index in [0.29, 0.717) is 35.8 Å². The zero-order valence-electron chi connectivity index (χ0n) is 18.5. The first-order valence-corrected chi connectivity index (χ1v) is 10.5. The van der Waals surface area contributed by atoms with Crippen molar-refractivity contribution in [1.29, 1.82) is 0 Å².